The number of benzene rings is 2. The number of hydrogen-bond acceptors (Lipinski definition) is 6. The molecule has 3 N–H and O–H groups in total. The number of thioether (sulfide) groups is 1. The van der Waals surface area contributed by atoms with Gasteiger partial charge in [0.15, 0.2) is 9.84 Å². The van der Waals surface area contributed by atoms with E-state index in [1.165, 1.54) is 38.5 Å². The van der Waals surface area contributed by atoms with Gasteiger partial charge in [-0.1, -0.05) is 69.4 Å². The van der Waals surface area contributed by atoms with Crippen LogP contribution in [0.4, 0.5) is 0 Å². The first-order chi connectivity index (χ1) is 19.1. The van der Waals surface area contributed by atoms with Gasteiger partial charge in [-0.2, -0.15) is 11.8 Å². The predicted octanol–water partition coefficient (Wildman–Crippen LogP) is 5.16. The molecule has 1 fully saturated rings. The predicted molar refractivity (Wildman–Crippen MR) is 172 cm³/mol. The van der Waals surface area contributed by atoms with Crippen molar-refractivity contribution < 1.29 is 23.1 Å². The van der Waals surface area contributed by atoms with Crippen molar-refractivity contribution in [3.63, 3.8) is 0 Å². The molecule has 3 rings (SSSR count). The third-order valence-electron chi connectivity index (χ3n) is 7.65. The molecule has 0 heterocycles. The average Bonchev–Trinajstić information content (AvgIpc) is 2.92. The van der Waals surface area contributed by atoms with E-state index in [-0.39, 0.29) is 31.7 Å². The number of hydrogen-bond donors (Lipinski definition) is 3. The maximum atomic E-state index is 13.4. The van der Waals surface area contributed by atoms with E-state index in [4.69, 9.17) is 5.11 Å². The van der Waals surface area contributed by atoms with Gasteiger partial charge in [-0.05, 0) is 65.8 Å². The summed E-state index contributed by atoms with van der Waals surface area (Å²) in [5.74, 6) is 1.29. The first kappa shape index (κ1) is 35.4. The van der Waals surface area contributed by atoms with Gasteiger partial charge in [0.25, 0.3) is 5.91 Å². The van der Waals surface area contributed by atoms with E-state index in [0.29, 0.717) is 18.2 Å². The Kier molecular flexibility index (Phi) is 15.0. The van der Waals surface area contributed by atoms with Crippen molar-refractivity contribution in [1.82, 2.24) is 10.6 Å². The molecule has 0 saturated heterocycles. The van der Waals surface area contributed by atoms with Crippen molar-refractivity contribution in [2.24, 2.45) is 5.92 Å². The first-order valence-electron chi connectivity index (χ1n) is 14.3. The van der Waals surface area contributed by atoms with Crippen molar-refractivity contribution in [2.45, 2.75) is 83.2 Å². The van der Waals surface area contributed by atoms with E-state index in [2.05, 4.69) is 17.6 Å². The monoisotopic (exact) mass is 596 g/mol. The van der Waals surface area contributed by atoms with Gasteiger partial charge in [-0.25, -0.2) is 8.42 Å². The number of carbonyl (C=O) groups excluding carboxylic acids is 1. The number of carboxylic acid groups (broad SMARTS) is 1. The normalized spacial score (nSPS) is 15.5. The molecule has 2 aromatic carbocycles. The summed E-state index contributed by atoms with van der Waals surface area (Å²) < 4.78 is 24.6. The number of carbonyl (C=O) groups is 2. The molecule has 1 aliphatic carbocycles. The number of aryl methyl sites for hydroxylation is 1. The quantitative estimate of drug-likeness (QED) is 0.244. The van der Waals surface area contributed by atoms with Crippen LogP contribution >= 0.6 is 11.8 Å². The van der Waals surface area contributed by atoms with Crippen LogP contribution in [0.5, 0.6) is 0 Å². The van der Waals surface area contributed by atoms with Crippen LogP contribution in [0.15, 0.2) is 42.5 Å². The molecule has 0 aliphatic heterocycles. The van der Waals surface area contributed by atoms with Crippen LogP contribution in [0.1, 0.15) is 79.8 Å². The minimum atomic E-state index is -3.70. The van der Waals surface area contributed by atoms with E-state index >= 15 is 0 Å². The molecule has 41 heavy (non-hydrogen) atoms. The molecule has 222 valence electrons. The Morgan fingerprint density at radius 2 is 1.78 bits per heavy atom. The number of sulfone groups is 1. The third-order valence-corrected chi connectivity index (χ3v) is 10.1. The van der Waals surface area contributed by atoms with Gasteiger partial charge in [-0.15, -0.1) is 0 Å². The second-order valence-corrected chi connectivity index (χ2v) is 14.4. The third kappa shape index (κ3) is 11.4. The van der Waals surface area contributed by atoms with Crippen LogP contribution in [0.2, 0.25) is 0 Å². The molecule has 0 aromatic heterocycles. The summed E-state index contributed by atoms with van der Waals surface area (Å²) in [5.41, 5.74) is 4.04. The fourth-order valence-corrected chi connectivity index (χ4v) is 7.07. The van der Waals surface area contributed by atoms with Crippen molar-refractivity contribution in [3.05, 3.63) is 59.2 Å². The minimum absolute atomic E-state index is 0. The van der Waals surface area contributed by atoms with Crippen molar-refractivity contribution >= 4 is 52.3 Å². The van der Waals surface area contributed by atoms with Gasteiger partial charge >= 0.3 is 24.8 Å². The van der Waals surface area contributed by atoms with Crippen LogP contribution < -0.4 is 10.6 Å². The summed E-state index contributed by atoms with van der Waals surface area (Å²) >= 11 is 1.96. The van der Waals surface area contributed by atoms with Gasteiger partial charge in [0.05, 0.1) is 0 Å². The molecule has 10 heteroatoms. The second-order valence-electron chi connectivity index (χ2n) is 10.9. The molecule has 1 saturated carbocycles. The molecule has 2 aromatic rings. The van der Waals surface area contributed by atoms with E-state index < -0.39 is 27.1 Å². The first-order valence-corrected chi connectivity index (χ1v) is 17.4. The zero-order chi connectivity index (χ0) is 29.1. The number of nitrogens with one attached hydrogen (secondary N) is 2. The van der Waals surface area contributed by atoms with Gasteiger partial charge in [0, 0.05) is 36.6 Å². The molecule has 2 atom stereocenters. The SMILES string of the molecule is CCSCC(CC1CCCCC1)NCc1ccc(C(=O)NC(CCC(=O)O)S(C)(=O)=O)c(-c2ccccc2C)c1.[LiH]. The molecule has 1 amide bonds. The molecule has 2 unspecified atom stereocenters. The van der Waals surface area contributed by atoms with E-state index in [1.54, 1.807) is 6.07 Å². The maximum absolute atomic E-state index is 13.4. The van der Waals surface area contributed by atoms with Crippen molar-refractivity contribution in [3.8, 4) is 11.1 Å². The standard InChI is InChI=1S/C31H44N2O5S2.Li.H/c1-4-39-21-25(18-23-11-6-5-7-12-23)32-20-24-14-15-27(28(19-24)26-13-9-8-10-22(26)2)31(36)33-29(40(3,37)38)16-17-30(34)35;;/h8-10,13-15,19,23,25,29,32H,4-7,11-12,16-18,20-21H2,1-3H3,(H,33,36)(H,34,35);;. The summed E-state index contributed by atoms with van der Waals surface area (Å²) in [6.07, 6.45) is 8.29. The molecule has 7 nitrogen and oxygen atoms in total. The van der Waals surface area contributed by atoms with Gasteiger partial charge in [0.1, 0.15) is 5.37 Å². The van der Waals surface area contributed by atoms with Gasteiger partial charge in [-0.3, -0.25) is 9.59 Å². The Bertz CT molecular complexity index is 1250. The van der Waals surface area contributed by atoms with Gasteiger partial charge < -0.3 is 15.7 Å². The van der Waals surface area contributed by atoms with Crippen molar-refractivity contribution in [2.75, 3.05) is 17.8 Å². The summed E-state index contributed by atoms with van der Waals surface area (Å²) in [7, 11) is -3.70. The topological polar surface area (TPSA) is 113 Å². The summed E-state index contributed by atoms with van der Waals surface area (Å²) in [6, 6.07) is 13.9. The van der Waals surface area contributed by atoms with E-state index in [1.807, 2.05) is 55.1 Å². The Morgan fingerprint density at radius 1 is 1.07 bits per heavy atom. The molecule has 0 radical (unpaired) electrons. The summed E-state index contributed by atoms with van der Waals surface area (Å²) in [5, 5.41) is 14.1. The zero-order valence-electron chi connectivity index (χ0n) is 23.9. The van der Waals surface area contributed by atoms with Crippen LogP contribution in [0, 0.1) is 12.8 Å². The summed E-state index contributed by atoms with van der Waals surface area (Å²) in [6.45, 7) is 4.85. The van der Waals surface area contributed by atoms with Crippen LogP contribution in [-0.2, 0) is 21.2 Å². The number of amides is 1. The Hall–Kier alpha value is -1.76. The molecular weight excluding hydrogens is 551 g/mol. The molecule has 1 aliphatic rings. The van der Waals surface area contributed by atoms with Crippen LogP contribution in [-0.4, -0.2) is 73.4 Å². The average molecular weight is 597 g/mol. The van der Waals surface area contributed by atoms with Crippen LogP contribution in [0.3, 0.4) is 0 Å². The van der Waals surface area contributed by atoms with Gasteiger partial charge in [0.2, 0.25) is 0 Å². The number of carboxylic acids is 1. The fraction of sp³-hybridized carbons (Fsp3) is 0.548. The molecule has 0 spiro atoms. The number of rotatable bonds is 15. The number of aliphatic carboxylic acids is 1. The second kappa shape index (κ2) is 17.4. The van der Waals surface area contributed by atoms with E-state index in [9.17, 15) is 18.0 Å². The van der Waals surface area contributed by atoms with E-state index in [0.717, 1.165) is 45.9 Å². The Morgan fingerprint density at radius 3 is 2.41 bits per heavy atom. The fourth-order valence-electron chi connectivity index (χ4n) is 5.43. The molecular formula is C31H45LiN2O5S2. The zero-order valence-corrected chi connectivity index (χ0v) is 25.6. The summed E-state index contributed by atoms with van der Waals surface area (Å²) in [4.78, 5) is 24.5. The van der Waals surface area contributed by atoms with Crippen molar-refractivity contribution in [1.29, 1.82) is 0 Å². The Labute approximate surface area is 262 Å². The van der Waals surface area contributed by atoms with Crippen LogP contribution in [0.25, 0.3) is 11.1 Å². The molecule has 0 bridgehead atoms. The Balaban J connectivity index is 0.00000588.